The minimum Gasteiger partial charge on any atom is -0.366 e. The number of aromatic nitrogens is 1. The van der Waals surface area contributed by atoms with Crippen molar-refractivity contribution in [3.8, 4) is 11.3 Å². The van der Waals surface area contributed by atoms with E-state index in [1.54, 1.807) is 17.4 Å². The van der Waals surface area contributed by atoms with E-state index < -0.39 is 0 Å². The number of aryl methyl sites for hydroxylation is 3. The summed E-state index contributed by atoms with van der Waals surface area (Å²) in [6.45, 7) is 2.01. The van der Waals surface area contributed by atoms with Crippen LogP contribution < -0.4 is 5.73 Å². The lowest BCUT2D eigenvalue weighted by molar-refractivity contribution is 0.0999. The molecular weight excluding hydrogens is 304 g/mol. The van der Waals surface area contributed by atoms with E-state index in [1.165, 1.54) is 5.56 Å². The molecule has 0 atom stereocenters. The van der Waals surface area contributed by atoms with Gasteiger partial charge in [-0.1, -0.05) is 42.5 Å². The van der Waals surface area contributed by atoms with E-state index in [0.29, 0.717) is 5.56 Å². The van der Waals surface area contributed by atoms with Crippen LogP contribution in [-0.4, -0.2) is 10.9 Å². The molecule has 0 fully saturated rings. The number of carbonyl (C=O) groups is 1. The van der Waals surface area contributed by atoms with Gasteiger partial charge in [0.05, 0.1) is 10.7 Å². The van der Waals surface area contributed by atoms with Gasteiger partial charge in [-0.3, -0.25) is 4.79 Å². The smallest absolute Gasteiger partial charge is 0.248 e. The van der Waals surface area contributed by atoms with E-state index >= 15 is 0 Å². The Hall–Kier alpha value is -2.46. The summed E-state index contributed by atoms with van der Waals surface area (Å²) >= 11 is 1.66. The van der Waals surface area contributed by atoms with Crippen molar-refractivity contribution in [1.29, 1.82) is 0 Å². The molecule has 3 aromatic rings. The minimum atomic E-state index is -0.366. The van der Waals surface area contributed by atoms with Crippen molar-refractivity contribution >= 4 is 17.2 Å². The summed E-state index contributed by atoms with van der Waals surface area (Å²) in [6, 6.07) is 16.0. The van der Waals surface area contributed by atoms with Crippen LogP contribution in [0.5, 0.6) is 0 Å². The lowest BCUT2D eigenvalue weighted by Crippen LogP contribution is -2.13. The average molecular weight is 322 g/mol. The predicted octanol–water partition coefficient (Wildman–Crippen LogP) is 4.00. The lowest BCUT2D eigenvalue weighted by atomic mass is 9.99. The molecule has 0 saturated carbocycles. The Labute approximate surface area is 139 Å². The van der Waals surface area contributed by atoms with E-state index in [9.17, 15) is 4.79 Å². The van der Waals surface area contributed by atoms with Gasteiger partial charge in [0.25, 0.3) is 0 Å². The van der Waals surface area contributed by atoms with Crippen LogP contribution in [0.1, 0.15) is 26.5 Å². The summed E-state index contributed by atoms with van der Waals surface area (Å²) in [6.07, 6.45) is 1.68. The third-order valence-corrected chi connectivity index (χ3v) is 4.61. The van der Waals surface area contributed by atoms with Gasteiger partial charge in [0.2, 0.25) is 5.91 Å². The van der Waals surface area contributed by atoms with E-state index in [1.807, 2.05) is 25.1 Å². The number of nitrogens with zero attached hydrogens (tertiary/aromatic N) is 1. The first-order valence-electron chi connectivity index (χ1n) is 7.52. The molecule has 23 heavy (non-hydrogen) atoms. The normalized spacial score (nSPS) is 10.7. The number of thiazole rings is 1. The number of hydrogen-bond acceptors (Lipinski definition) is 3. The first-order chi connectivity index (χ1) is 11.1. The fraction of sp³-hybridized carbons (Fsp3) is 0.158. The molecule has 0 saturated heterocycles. The van der Waals surface area contributed by atoms with Crippen molar-refractivity contribution in [2.75, 3.05) is 0 Å². The molecule has 1 amide bonds. The molecule has 4 heteroatoms. The van der Waals surface area contributed by atoms with Crippen LogP contribution >= 0.6 is 11.3 Å². The summed E-state index contributed by atoms with van der Waals surface area (Å²) in [4.78, 5) is 16.0. The largest absolute Gasteiger partial charge is 0.366 e. The summed E-state index contributed by atoms with van der Waals surface area (Å²) in [7, 11) is 0. The third kappa shape index (κ3) is 3.66. The zero-order chi connectivity index (χ0) is 16.2. The molecule has 1 heterocycles. The molecular formula is C19H18N2OS. The summed E-state index contributed by atoms with van der Waals surface area (Å²) in [5.41, 5.74) is 10.4. The first kappa shape index (κ1) is 15.4. The monoisotopic (exact) mass is 322 g/mol. The number of hydrogen-bond donors (Lipinski definition) is 1. The molecule has 0 spiro atoms. The van der Waals surface area contributed by atoms with Crippen LogP contribution in [-0.2, 0) is 12.8 Å². The zero-order valence-corrected chi connectivity index (χ0v) is 13.8. The molecule has 0 aliphatic heterocycles. The second-order valence-electron chi connectivity index (χ2n) is 5.47. The van der Waals surface area contributed by atoms with Gasteiger partial charge in [0, 0.05) is 16.5 Å². The van der Waals surface area contributed by atoms with Gasteiger partial charge in [0.15, 0.2) is 0 Å². The van der Waals surface area contributed by atoms with Crippen molar-refractivity contribution in [2.24, 2.45) is 5.73 Å². The van der Waals surface area contributed by atoms with Crippen molar-refractivity contribution in [3.05, 3.63) is 75.6 Å². The Morgan fingerprint density at radius 2 is 1.83 bits per heavy atom. The molecule has 0 radical (unpaired) electrons. The van der Waals surface area contributed by atoms with E-state index in [-0.39, 0.29) is 5.91 Å². The topological polar surface area (TPSA) is 56.0 Å². The Balaban J connectivity index is 1.71. The van der Waals surface area contributed by atoms with Gasteiger partial charge in [-0.2, -0.15) is 0 Å². The molecule has 1 aromatic heterocycles. The van der Waals surface area contributed by atoms with Crippen LogP contribution in [0.15, 0.2) is 53.9 Å². The predicted molar refractivity (Wildman–Crippen MR) is 94.7 cm³/mol. The highest BCUT2D eigenvalue weighted by Gasteiger charge is 2.07. The molecule has 2 N–H and O–H groups in total. The van der Waals surface area contributed by atoms with Crippen LogP contribution in [0.4, 0.5) is 0 Å². The molecule has 0 bridgehead atoms. The van der Waals surface area contributed by atoms with Crippen LogP contribution in [0, 0.1) is 6.92 Å². The van der Waals surface area contributed by atoms with Gasteiger partial charge in [-0.25, -0.2) is 4.98 Å². The molecule has 2 aromatic carbocycles. The maximum absolute atomic E-state index is 11.5. The Bertz CT molecular complexity index is 821. The maximum Gasteiger partial charge on any atom is 0.248 e. The maximum atomic E-state index is 11.5. The number of rotatable bonds is 5. The standard InChI is InChI=1S/C19H18N2OS/c1-13-21-18(12-23-13)16-10-7-14(8-11-16)6-9-15-4-2-3-5-17(15)19(20)22/h2-5,7-8,10-12H,6,9H2,1H3,(H2,20,22). The third-order valence-electron chi connectivity index (χ3n) is 3.83. The highest BCUT2D eigenvalue weighted by Crippen LogP contribution is 2.22. The number of primary amides is 1. The van der Waals surface area contributed by atoms with Crippen LogP contribution in [0.2, 0.25) is 0 Å². The number of benzene rings is 2. The van der Waals surface area contributed by atoms with Gasteiger partial charge < -0.3 is 5.73 Å². The van der Waals surface area contributed by atoms with E-state index in [4.69, 9.17) is 5.73 Å². The van der Waals surface area contributed by atoms with E-state index in [0.717, 1.165) is 34.7 Å². The van der Waals surface area contributed by atoms with E-state index in [2.05, 4.69) is 34.6 Å². The summed E-state index contributed by atoms with van der Waals surface area (Å²) in [5, 5.41) is 3.15. The summed E-state index contributed by atoms with van der Waals surface area (Å²) in [5.74, 6) is -0.366. The van der Waals surface area contributed by atoms with Gasteiger partial charge in [-0.05, 0) is 37.0 Å². The van der Waals surface area contributed by atoms with Gasteiger partial charge >= 0.3 is 0 Å². The summed E-state index contributed by atoms with van der Waals surface area (Å²) < 4.78 is 0. The molecule has 116 valence electrons. The fourth-order valence-electron chi connectivity index (χ4n) is 2.60. The van der Waals surface area contributed by atoms with Crippen LogP contribution in [0.25, 0.3) is 11.3 Å². The van der Waals surface area contributed by atoms with Gasteiger partial charge in [-0.15, -0.1) is 11.3 Å². The molecule has 3 rings (SSSR count). The SMILES string of the molecule is Cc1nc(-c2ccc(CCc3ccccc3C(N)=O)cc2)cs1. The quantitative estimate of drug-likeness (QED) is 0.772. The number of carbonyl (C=O) groups excluding carboxylic acids is 1. The second kappa shape index (κ2) is 6.75. The van der Waals surface area contributed by atoms with Crippen LogP contribution in [0.3, 0.4) is 0 Å². The Kier molecular flexibility index (Phi) is 4.53. The van der Waals surface area contributed by atoms with Crippen molar-refractivity contribution in [1.82, 2.24) is 4.98 Å². The second-order valence-corrected chi connectivity index (χ2v) is 6.53. The number of nitrogens with two attached hydrogens (primary N) is 1. The van der Waals surface area contributed by atoms with Crippen molar-refractivity contribution < 1.29 is 4.79 Å². The lowest BCUT2D eigenvalue weighted by Gasteiger charge is -2.07. The minimum absolute atomic E-state index is 0.366. The Morgan fingerprint density at radius 3 is 2.48 bits per heavy atom. The zero-order valence-electron chi connectivity index (χ0n) is 13.0. The fourth-order valence-corrected chi connectivity index (χ4v) is 3.22. The van der Waals surface area contributed by atoms with Crippen molar-refractivity contribution in [2.45, 2.75) is 19.8 Å². The average Bonchev–Trinajstić information content (AvgIpc) is 3.00. The highest BCUT2D eigenvalue weighted by atomic mass is 32.1. The highest BCUT2D eigenvalue weighted by molar-refractivity contribution is 7.09. The molecule has 0 aliphatic rings. The number of amides is 1. The van der Waals surface area contributed by atoms with Crippen molar-refractivity contribution in [3.63, 3.8) is 0 Å². The molecule has 0 unspecified atom stereocenters. The van der Waals surface area contributed by atoms with Gasteiger partial charge in [0.1, 0.15) is 0 Å². The Morgan fingerprint density at radius 1 is 1.09 bits per heavy atom. The molecule has 3 nitrogen and oxygen atoms in total. The first-order valence-corrected chi connectivity index (χ1v) is 8.40. The molecule has 0 aliphatic carbocycles.